The third-order valence-electron chi connectivity index (χ3n) is 2.98. The number of phenolic OH excluding ortho intramolecular Hbond substituents is 1. The van der Waals surface area contributed by atoms with Crippen molar-refractivity contribution in [1.29, 1.82) is 0 Å². The second-order valence-corrected chi connectivity index (χ2v) is 4.27. The Hall–Kier alpha value is -2.22. The number of hydrogen-bond acceptors (Lipinski definition) is 1. The standard InChI is InChI=1S/C15H13NO/c1-10-9-14-13(3-2-4-15(14)16-10)11-5-7-12(17)8-6-11/h2-9,16-17H,1H3. The maximum absolute atomic E-state index is 9.31. The minimum Gasteiger partial charge on any atom is -0.508 e. The summed E-state index contributed by atoms with van der Waals surface area (Å²) in [5, 5.41) is 10.5. The lowest BCUT2D eigenvalue weighted by Gasteiger charge is -2.03. The molecule has 0 saturated heterocycles. The van der Waals surface area contributed by atoms with E-state index in [9.17, 15) is 5.11 Å². The Labute approximate surface area is 99.5 Å². The van der Waals surface area contributed by atoms with Gasteiger partial charge in [-0.25, -0.2) is 0 Å². The molecule has 0 aliphatic rings. The Kier molecular flexibility index (Phi) is 2.15. The molecule has 0 amide bonds. The van der Waals surface area contributed by atoms with Crippen LogP contribution in [0.3, 0.4) is 0 Å². The van der Waals surface area contributed by atoms with Crippen molar-refractivity contribution in [2.45, 2.75) is 6.92 Å². The van der Waals surface area contributed by atoms with E-state index in [-0.39, 0.29) is 0 Å². The van der Waals surface area contributed by atoms with Crippen molar-refractivity contribution in [3.63, 3.8) is 0 Å². The van der Waals surface area contributed by atoms with Crippen LogP contribution < -0.4 is 0 Å². The van der Waals surface area contributed by atoms with E-state index in [0.717, 1.165) is 16.8 Å². The van der Waals surface area contributed by atoms with Crippen molar-refractivity contribution in [3.8, 4) is 16.9 Å². The molecule has 2 nitrogen and oxygen atoms in total. The average molecular weight is 223 g/mol. The summed E-state index contributed by atoms with van der Waals surface area (Å²) < 4.78 is 0. The summed E-state index contributed by atoms with van der Waals surface area (Å²) in [4.78, 5) is 3.33. The Morgan fingerprint density at radius 3 is 2.53 bits per heavy atom. The van der Waals surface area contributed by atoms with Gasteiger partial charge in [0.2, 0.25) is 0 Å². The molecule has 3 aromatic rings. The summed E-state index contributed by atoms with van der Waals surface area (Å²) in [6.07, 6.45) is 0. The Morgan fingerprint density at radius 2 is 1.76 bits per heavy atom. The average Bonchev–Trinajstić information content (AvgIpc) is 2.70. The molecule has 2 aromatic carbocycles. The SMILES string of the molecule is Cc1cc2c(-c3ccc(O)cc3)cccc2[nH]1. The fraction of sp³-hybridized carbons (Fsp3) is 0.0667. The molecule has 3 rings (SSSR count). The molecule has 17 heavy (non-hydrogen) atoms. The van der Waals surface area contributed by atoms with E-state index in [1.54, 1.807) is 12.1 Å². The van der Waals surface area contributed by atoms with Crippen molar-refractivity contribution in [3.05, 3.63) is 54.2 Å². The summed E-state index contributed by atoms with van der Waals surface area (Å²) >= 11 is 0. The van der Waals surface area contributed by atoms with Crippen molar-refractivity contribution >= 4 is 10.9 Å². The van der Waals surface area contributed by atoms with Gasteiger partial charge in [0.05, 0.1) is 0 Å². The smallest absolute Gasteiger partial charge is 0.115 e. The molecule has 0 atom stereocenters. The maximum Gasteiger partial charge on any atom is 0.115 e. The minimum absolute atomic E-state index is 0.297. The lowest BCUT2D eigenvalue weighted by Crippen LogP contribution is -1.78. The van der Waals surface area contributed by atoms with Crippen LogP contribution in [0.4, 0.5) is 0 Å². The van der Waals surface area contributed by atoms with Crippen LogP contribution in [0.1, 0.15) is 5.69 Å². The highest BCUT2D eigenvalue weighted by molar-refractivity contribution is 5.95. The van der Waals surface area contributed by atoms with Gasteiger partial charge in [-0.05, 0) is 42.3 Å². The van der Waals surface area contributed by atoms with Gasteiger partial charge < -0.3 is 10.1 Å². The van der Waals surface area contributed by atoms with E-state index in [1.807, 2.05) is 18.2 Å². The summed E-state index contributed by atoms with van der Waals surface area (Å²) in [5.41, 5.74) is 4.61. The highest BCUT2D eigenvalue weighted by atomic mass is 16.3. The van der Waals surface area contributed by atoms with E-state index in [0.29, 0.717) is 5.75 Å². The lowest BCUT2D eigenvalue weighted by molar-refractivity contribution is 0.475. The maximum atomic E-state index is 9.31. The number of hydrogen-bond donors (Lipinski definition) is 2. The normalized spacial score (nSPS) is 10.9. The van der Waals surface area contributed by atoms with Crippen LogP contribution in [0.5, 0.6) is 5.75 Å². The fourth-order valence-corrected chi connectivity index (χ4v) is 2.19. The molecular weight excluding hydrogens is 210 g/mol. The minimum atomic E-state index is 0.297. The Bertz CT molecular complexity index is 665. The molecule has 0 radical (unpaired) electrons. The number of H-pyrrole nitrogens is 1. The van der Waals surface area contributed by atoms with Crippen LogP contribution in [-0.4, -0.2) is 10.1 Å². The number of aromatic amines is 1. The second-order valence-electron chi connectivity index (χ2n) is 4.27. The van der Waals surface area contributed by atoms with Gasteiger partial charge in [0.1, 0.15) is 5.75 Å². The molecule has 1 aromatic heterocycles. The van der Waals surface area contributed by atoms with Crippen LogP contribution in [0.25, 0.3) is 22.0 Å². The van der Waals surface area contributed by atoms with Gasteiger partial charge >= 0.3 is 0 Å². The van der Waals surface area contributed by atoms with Gasteiger partial charge in [-0.3, -0.25) is 0 Å². The summed E-state index contributed by atoms with van der Waals surface area (Å²) in [5.74, 6) is 0.297. The molecule has 0 unspecified atom stereocenters. The molecule has 84 valence electrons. The molecule has 0 aliphatic heterocycles. The van der Waals surface area contributed by atoms with Gasteiger partial charge in [-0.2, -0.15) is 0 Å². The van der Waals surface area contributed by atoms with Crippen molar-refractivity contribution in [2.24, 2.45) is 0 Å². The van der Waals surface area contributed by atoms with Crippen LogP contribution in [-0.2, 0) is 0 Å². The first-order valence-electron chi connectivity index (χ1n) is 5.62. The molecule has 0 saturated carbocycles. The molecule has 0 fully saturated rings. The zero-order chi connectivity index (χ0) is 11.8. The van der Waals surface area contributed by atoms with Gasteiger partial charge in [0.15, 0.2) is 0 Å². The predicted molar refractivity (Wildman–Crippen MR) is 70.1 cm³/mol. The van der Waals surface area contributed by atoms with Crippen LogP contribution in [0, 0.1) is 6.92 Å². The third-order valence-corrected chi connectivity index (χ3v) is 2.98. The number of phenols is 1. The molecule has 0 spiro atoms. The number of fused-ring (bicyclic) bond motifs is 1. The highest BCUT2D eigenvalue weighted by Crippen LogP contribution is 2.29. The number of aromatic nitrogens is 1. The Morgan fingerprint density at radius 1 is 1.00 bits per heavy atom. The molecule has 2 N–H and O–H groups in total. The van der Waals surface area contributed by atoms with Gasteiger partial charge in [0.25, 0.3) is 0 Å². The number of benzene rings is 2. The highest BCUT2D eigenvalue weighted by Gasteiger charge is 2.05. The molecule has 0 bridgehead atoms. The number of aryl methyl sites for hydroxylation is 1. The van der Waals surface area contributed by atoms with E-state index in [4.69, 9.17) is 0 Å². The van der Waals surface area contributed by atoms with Crippen LogP contribution >= 0.6 is 0 Å². The quantitative estimate of drug-likeness (QED) is 0.645. The first-order chi connectivity index (χ1) is 8.24. The molecular formula is C15H13NO. The second kappa shape index (κ2) is 3.67. The number of aromatic hydroxyl groups is 1. The first-order valence-corrected chi connectivity index (χ1v) is 5.62. The van der Waals surface area contributed by atoms with Crippen molar-refractivity contribution in [2.75, 3.05) is 0 Å². The monoisotopic (exact) mass is 223 g/mol. The van der Waals surface area contributed by atoms with Crippen molar-refractivity contribution in [1.82, 2.24) is 4.98 Å². The topological polar surface area (TPSA) is 36.0 Å². The Balaban J connectivity index is 2.26. The summed E-state index contributed by atoms with van der Waals surface area (Å²) in [6.45, 7) is 2.06. The van der Waals surface area contributed by atoms with E-state index < -0.39 is 0 Å². The van der Waals surface area contributed by atoms with E-state index >= 15 is 0 Å². The van der Waals surface area contributed by atoms with Crippen molar-refractivity contribution < 1.29 is 5.11 Å². The third kappa shape index (κ3) is 1.68. The van der Waals surface area contributed by atoms with Gasteiger partial charge in [0, 0.05) is 16.6 Å². The largest absolute Gasteiger partial charge is 0.508 e. The summed E-state index contributed by atoms with van der Waals surface area (Å²) in [6, 6.07) is 15.7. The van der Waals surface area contributed by atoms with Gasteiger partial charge in [-0.15, -0.1) is 0 Å². The zero-order valence-electron chi connectivity index (χ0n) is 9.57. The number of rotatable bonds is 1. The van der Waals surface area contributed by atoms with Crippen LogP contribution in [0.15, 0.2) is 48.5 Å². The predicted octanol–water partition coefficient (Wildman–Crippen LogP) is 3.85. The summed E-state index contributed by atoms with van der Waals surface area (Å²) in [7, 11) is 0. The first kappa shape index (κ1) is 9.97. The molecule has 0 aliphatic carbocycles. The molecule has 2 heteroatoms. The lowest BCUT2D eigenvalue weighted by atomic mass is 10.0. The van der Waals surface area contributed by atoms with Gasteiger partial charge in [-0.1, -0.05) is 24.3 Å². The zero-order valence-corrected chi connectivity index (χ0v) is 9.57. The van der Waals surface area contributed by atoms with Crippen LogP contribution in [0.2, 0.25) is 0 Å². The fourth-order valence-electron chi connectivity index (χ4n) is 2.19. The number of nitrogens with one attached hydrogen (secondary N) is 1. The van der Waals surface area contributed by atoms with E-state index in [1.165, 1.54) is 10.9 Å². The van der Waals surface area contributed by atoms with E-state index in [2.05, 4.69) is 30.1 Å². The molecule has 1 heterocycles.